The van der Waals surface area contributed by atoms with Crippen LogP contribution in [0.25, 0.3) is 0 Å². The second-order valence-electron chi connectivity index (χ2n) is 9.67. The molecule has 4 unspecified atom stereocenters. The number of carbonyl (C=O) groups excluding carboxylic acids is 1. The number of rotatable bonds is 3. The molecule has 0 aliphatic carbocycles. The predicted octanol–water partition coefficient (Wildman–Crippen LogP) is 5.91. The second kappa shape index (κ2) is 8.14. The van der Waals surface area contributed by atoms with Crippen LogP contribution in [-0.4, -0.2) is 23.3 Å². The molecule has 0 saturated heterocycles. The normalized spacial score (nSPS) is 23.7. The number of hydrogen-bond acceptors (Lipinski definition) is 4. The first-order valence-electron chi connectivity index (χ1n) is 11.3. The van der Waals surface area contributed by atoms with Crippen LogP contribution in [0.4, 0.5) is 10.1 Å². The van der Waals surface area contributed by atoms with Crippen molar-refractivity contribution in [3.05, 3.63) is 101 Å². The smallest absolute Gasteiger partial charge is 0.332 e. The molecule has 168 valence electrons. The fourth-order valence-corrected chi connectivity index (χ4v) is 4.99. The van der Waals surface area contributed by atoms with Gasteiger partial charge in [0, 0.05) is 23.2 Å². The minimum Gasteiger partial charge on any atom is -0.458 e. The van der Waals surface area contributed by atoms with Gasteiger partial charge in [0.1, 0.15) is 11.4 Å². The summed E-state index contributed by atoms with van der Waals surface area (Å²) < 4.78 is 19.5. The van der Waals surface area contributed by atoms with Gasteiger partial charge in [-0.25, -0.2) is 9.18 Å². The Morgan fingerprint density at radius 1 is 0.909 bits per heavy atom. The van der Waals surface area contributed by atoms with Gasteiger partial charge in [0.25, 0.3) is 0 Å². The van der Waals surface area contributed by atoms with E-state index in [0.29, 0.717) is 0 Å². The maximum Gasteiger partial charge on any atom is 0.332 e. The number of aliphatic imine (C=N–C) groups is 1. The Kier molecular flexibility index (Phi) is 5.28. The molecule has 3 aromatic rings. The van der Waals surface area contributed by atoms with Gasteiger partial charge in [0.15, 0.2) is 6.04 Å². The van der Waals surface area contributed by atoms with Gasteiger partial charge in [0.05, 0.1) is 6.04 Å². The molecule has 0 fully saturated rings. The molecule has 0 saturated carbocycles. The zero-order chi connectivity index (χ0) is 23.2. The molecular weight excluding hydrogens is 415 g/mol. The fourth-order valence-electron chi connectivity index (χ4n) is 4.99. The SMILES string of the molecule is CC(C)(C)OC(=O)C1N=C(c2ccccc2)C2C(c3ccc(F)cc3)Nc3ccccc3C12. The molecule has 3 aromatic carbocycles. The zero-order valence-corrected chi connectivity index (χ0v) is 19.0. The van der Waals surface area contributed by atoms with Gasteiger partial charge in [0.2, 0.25) is 0 Å². The van der Waals surface area contributed by atoms with E-state index in [1.54, 1.807) is 12.1 Å². The van der Waals surface area contributed by atoms with E-state index < -0.39 is 11.6 Å². The number of hydrogen-bond donors (Lipinski definition) is 1. The monoisotopic (exact) mass is 442 g/mol. The van der Waals surface area contributed by atoms with Crippen molar-refractivity contribution in [1.82, 2.24) is 0 Å². The van der Waals surface area contributed by atoms with Crippen LogP contribution in [0.1, 0.15) is 49.4 Å². The standard InChI is InChI=1S/C28H27FN2O2/c1-28(2,3)33-27(32)26-22-20-11-7-8-12-21(20)30-24(18-13-15-19(29)16-14-18)23(22)25(31-26)17-9-5-4-6-10-17/h4-16,22-24,26,30H,1-3H3. The first-order chi connectivity index (χ1) is 15.8. The van der Waals surface area contributed by atoms with Crippen LogP contribution in [0.3, 0.4) is 0 Å². The molecule has 33 heavy (non-hydrogen) atoms. The summed E-state index contributed by atoms with van der Waals surface area (Å²) in [7, 11) is 0. The average molecular weight is 443 g/mol. The number of anilines is 1. The number of esters is 1. The molecule has 2 aliphatic heterocycles. The van der Waals surface area contributed by atoms with E-state index in [0.717, 1.165) is 28.1 Å². The van der Waals surface area contributed by atoms with E-state index in [-0.39, 0.29) is 29.7 Å². The van der Waals surface area contributed by atoms with Gasteiger partial charge in [-0.15, -0.1) is 0 Å². The van der Waals surface area contributed by atoms with Crippen molar-refractivity contribution in [2.45, 2.75) is 44.4 Å². The number of nitrogens with one attached hydrogen (secondary N) is 1. The van der Waals surface area contributed by atoms with Crippen LogP contribution >= 0.6 is 0 Å². The molecule has 2 aliphatic rings. The molecule has 2 heterocycles. The number of para-hydroxylation sites is 1. The Hall–Kier alpha value is -3.47. The van der Waals surface area contributed by atoms with Gasteiger partial charge in [-0.3, -0.25) is 4.99 Å². The molecule has 0 bridgehead atoms. The summed E-state index contributed by atoms with van der Waals surface area (Å²) in [5.41, 5.74) is 4.20. The lowest BCUT2D eigenvalue weighted by atomic mass is 9.71. The highest BCUT2D eigenvalue weighted by atomic mass is 19.1. The highest BCUT2D eigenvalue weighted by Gasteiger charge is 2.51. The quantitative estimate of drug-likeness (QED) is 0.514. The summed E-state index contributed by atoms with van der Waals surface area (Å²) in [5.74, 6) is -0.910. The summed E-state index contributed by atoms with van der Waals surface area (Å²) in [6.07, 6.45) is 0. The first-order valence-corrected chi connectivity index (χ1v) is 11.3. The number of nitrogens with zero attached hydrogens (tertiary/aromatic N) is 1. The fraction of sp³-hybridized carbons (Fsp3) is 0.286. The van der Waals surface area contributed by atoms with Gasteiger partial charge in [-0.2, -0.15) is 0 Å². The molecule has 0 radical (unpaired) electrons. The van der Waals surface area contributed by atoms with E-state index in [1.807, 2.05) is 69.3 Å². The lowest BCUT2D eigenvalue weighted by molar-refractivity contribution is -0.156. The van der Waals surface area contributed by atoms with Crippen LogP contribution < -0.4 is 5.32 Å². The van der Waals surface area contributed by atoms with E-state index in [1.165, 1.54) is 12.1 Å². The average Bonchev–Trinajstić information content (AvgIpc) is 3.20. The number of benzene rings is 3. The Bertz CT molecular complexity index is 1200. The van der Waals surface area contributed by atoms with Crippen molar-refractivity contribution < 1.29 is 13.9 Å². The summed E-state index contributed by atoms with van der Waals surface area (Å²) in [6.45, 7) is 5.62. The second-order valence-corrected chi connectivity index (χ2v) is 9.67. The molecule has 5 rings (SSSR count). The molecule has 5 heteroatoms. The Morgan fingerprint density at radius 2 is 1.58 bits per heavy atom. The van der Waals surface area contributed by atoms with Crippen molar-refractivity contribution >= 4 is 17.4 Å². The number of fused-ring (bicyclic) bond motifs is 3. The van der Waals surface area contributed by atoms with Gasteiger partial charge in [-0.05, 0) is 55.7 Å². The van der Waals surface area contributed by atoms with Crippen LogP contribution in [0.5, 0.6) is 0 Å². The molecule has 0 spiro atoms. The summed E-state index contributed by atoms with van der Waals surface area (Å²) >= 11 is 0. The van der Waals surface area contributed by atoms with Crippen LogP contribution in [-0.2, 0) is 9.53 Å². The summed E-state index contributed by atoms with van der Waals surface area (Å²) in [6, 6.07) is 23.8. The Balaban J connectivity index is 1.68. The van der Waals surface area contributed by atoms with Crippen molar-refractivity contribution in [2.75, 3.05) is 5.32 Å². The Labute approximate surface area is 193 Å². The maximum atomic E-state index is 13.7. The third-order valence-corrected chi connectivity index (χ3v) is 6.26. The van der Waals surface area contributed by atoms with Gasteiger partial charge < -0.3 is 10.1 Å². The van der Waals surface area contributed by atoms with Crippen molar-refractivity contribution in [2.24, 2.45) is 10.9 Å². The third-order valence-electron chi connectivity index (χ3n) is 6.26. The highest BCUT2D eigenvalue weighted by Crippen LogP contribution is 2.52. The molecule has 0 aromatic heterocycles. The number of ether oxygens (including phenoxy) is 1. The van der Waals surface area contributed by atoms with E-state index in [2.05, 4.69) is 11.4 Å². The van der Waals surface area contributed by atoms with Gasteiger partial charge >= 0.3 is 5.97 Å². The van der Waals surface area contributed by atoms with E-state index >= 15 is 0 Å². The summed E-state index contributed by atoms with van der Waals surface area (Å²) in [4.78, 5) is 18.4. The van der Waals surface area contributed by atoms with E-state index in [4.69, 9.17) is 9.73 Å². The largest absolute Gasteiger partial charge is 0.458 e. The van der Waals surface area contributed by atoms with Crippen molar-refractivity contribution in [3.63, 3.8) is 0 Å². The van der Waals surface area contributed by atoms with E-state index in [9.17, 15) is 9.18 Å². The Morgan fingerprint density at radius 3 is 2.27 bits per heavy atom. The zero-order valence-electron chi connectivity index (χ0n) is 19.0. The van der Waals surface area contributed by atoms with Crippen molar-refractivity contribution in [1.29, 1.82) is 0 Å². The molecule has 4 nitrogen and oxygen atoms in total. The number of carbonyl (C=O) groups is 1. The summed E-state index contributed by atoms with van der Waals surface area (Å²) in [5, 5.41) is 3.66. The van der Waals surface area contributed by atoms with Crippen molar-refractivity contribution in [3.8, 4) is 0 Å². The van der Waals surface area contributed by atoms with Gasteiger partial charge in [-0.1, -0.05) is 60.7 Å². The molecule has 0 amide bonds. The first kappa shape index (κ1) is 21.4. The lowest BCUT2D eigenvalue weighted by Gasteiger charge is -2.39. The molecule has 4 atom stereocenters. The maximum absolute atomic E-state index is 13.7. The van der Waals surface area contributed by atoms with Crippen LogP contribution in [0, 0.1) is 11.7 Å². The molecular formula is C28H27FN2O2. The third kappa shape index (κ3) is 4.04. The minimum absolute atomic E-state index is 0.120. The topological polar surface area (TPSA) is 50.7 Å². The molecule has 1 N–H and O–H groups in total. The minimum atomic E-state index is -0.657. The van der Waals surface area contributed by atoms with Crippen LogP contribution in [0.2, 0.25) is 0 Å². The van der Waals surface area contributed by atoms with Crippen LogP contribution in [0.15, 0.2) is 83.9 Å². The highest BCUT2D eigenvalue weighted by molar-refractivity contribution is 6.07. The lowest BCUT2D eigenvalue weighted by Crippen LogP contribution is -2.40. The predicted molar refractivity (Wildman–Crippen MR) is 128 cm³/mol. The number of halogens is 1.